The number of nitrogens with one attached hydrogen (secondary N) is 1. The Morgan fingerprint density at radius 3 is 2.59 bits per heavy atom. The monoisotopic (exact) mass is 319 g/mol. The maximum Gasteiger partial charge on any atom is 0.261 e. The van der Waals surface area contributed by atoms with E-state index in [9.17, 15) is 9.90 Å². The van der Waals surface area contributed by atoms with Gasteiger partial charge in [0.05, 0.1) is 12.6 Å². The molecule has 0 aromatic heterocycles. The highest BCUT2D eigenvalue weighted by molar-refractivity contribution is 6.30. The average Bonchev–Trinajstić information content (AvgIpc) is 2.53. The molecule has 0 aliphatic carbocycles. The first-order chi connectivity index (χ1) is 10.6. The number of ether oxygens (including phenoxy) is 1. The summed E-state index contributed by atoms with van der Waals surface area (Å²) >= 11 is 5.88. The fraction of sp³-hybridized carbons (Fsp3) is 0.235. The fourth-order valence-corrected chi connectivity index (χ4v) is 2.19. The zero-order valence-corrected chi connectivity index (χ0v) is 13.0. The second-order valence-electron chi connectivity index (χ2n) is 4.87. The average molecular weight is 320 g/mol. The van der Waals surface area contributed by atoms with Crippen LogP contribution >= 0.6 is 11.6 Å². The maximum atomic E-state index is 12.2. The number of benzene rings is 2. The van der Waals surface area contributed by atoms with Crippen molar-refractivity contribution in [2.24, 2.45) is 0 Å². The van der Waals surface area contributed by atoms with Gasteiger partial charge in [-0.2, -0.15) is 0 Å². The molecular formula is C17H18ClNO3. The number of hydrogen-bond donors (Lipinski definition) is 2. The molecule has 0 spiro atoms. The molecule has 0 bridgehead atoms. The van der Waals surface area contributed by atoms with Crippen LogP contribution in [0, 0.1) is 0 Å². The molecule has 0 saturated heterocycles. The van der Waals surface area contributed by atoms with Gasteiger partial charge in [-0.1, -0.05) is 48.0 Å². The minimum atomic E-state index is -0.698. The van der Waals surface area contributed by atoms with Crippen LogP contribution < -0.4 is 10.1 Å². The third kappa shape index (κ3) is 4.48. The largest absolute Gasteiger partial charge is 0.481 e. The molecule has 2 N–H and O–H groups in total. The van der Waals surface area contributed by atoms with E-state index in [0.29, 0.717) is 10.8 Å². The molecule has 2 unspecified atom stereocenters. The third-order valence-corrected chi connectivity index (χ3v) is 3.41. The molecule has 0 heterocycles. The van der Waals surface area contributed by atoms with E-state index < -0.39 is 12.1 Å². The van der Waals surface area contributed by atoms with Gasteiger partial charge in [0.1, 0.15) is 5.75 Å². The number of halogens is 1. The second kappa shape index (κ2) is 7.82. The minimum Gasteiger partial charge on any atom is -0.481 e. The Balaban J connectivity index is 1.98. The molecule has 2 rings (SSSR count). The zero-order chi connectivity index (χ0) is 15.9. The second-order valence-corrected chi connectivity index (χ2v) is 5.31. The van der Waals surface area contributed by atoms with Gasteiger partial charge < -0.3 is 15.2 Å². The van der Waals surface area contributed by atoms with E-state index in [1.54, 1.807) is 31.2 Å². The quantitative estimate of drug-likeness (QED) is 0.860. The first-order valence-corrected chi connectivity index (χ1v) is 7.36. The van der Waals surface area contributed by atoms with Crippen LogP contribution in [-0.4, -0.2) is 23.7 Å². The van der Waals surface area contributed by atoms with Crippen molar-refractivity contribution in [3.8, 4) is 5.75 Å². The molecule has 4 nitrogen and oxygen atoms in total. The summed E-state index contributed by atoms with van der Waals surface area (Å²) in [6.07, 6.45) is -0.698. The van der Waals surface area contributed by atoms with Crippen LogP contribution in [-0.2, 0) is 4.79 Å². The molecule has 0 aliphatic heterocycles. The number of aliphatic hydroxyl groups is 1. The van der Waals surface area contributed by atoms with Crippen molar-refractivity contribution in [1.82, 2.24) is 5.32 Å². The van der Waals surface area contributed by atoms with E-state index in [-0.39, 0.29) is 12.5 Å². The summed E-state index contributed by atoms with van der Waals surface area (Å²) in [4.78, 5) is 12.2. The molecule has 1 amide bonds. The van der Waals surface area contributed by atoms with Gasteiger partial charge >= 0.3 is 0 Å². The van der Waals surface area contributed by atoms with Crippen molar-refractivity contribution in [2.75, 3.05) is 6.61 Å². The molecular weight excluding hydrogens is 302 g/mol. The lowest BCUT2D eigenvalue weighted by molar-refractivity contribution is -0.128. The molecule has 0 saturated carbocycles. The van der Waals surface area contributed by atoms with E-state index in [2.05, 4.69) is 5.32 Å². The van der Waals surface area contributed by atoms with Gasteiger partial charge in [0, 0.05) is 5.02 Å². The maximum absolute atomic E-state index is 12.2. The van der Waals surface area contributed by atoms with Gasteiger partial charge in [-0.05, 0) is 30.7 Å². The van der Waals surface area contributed by atoms with Crippen LogP contribution in [0.5, 0.6) is 5.75 Å². The van der Waals surface area contributed by atoms with Crippen LogP contribution in [0.2, 0.25) is 5.02 Å². The van der Waals surface area contributed by atoms with E-state index in [1.165, 1.54) is 0 Å². The summed E-state index contributed by atoms with van der Waals surface area (Å²) in [6.45, 7) is 1.47. The molecule has 5 heteroatoms. The van der Waals surface area contributed by atoms with E-state index in [1.807, 2.05) is 30.3 Å². The molecule has 2 atom stereocenters. The van der Waals surface area contributed by atoms with Gasteiger partial charge in [-0.25, -0.2) is 0 Å². The van der Waals surface area contributed by atoms with Gasteiger partial charge in [-0.3, -0.25) is 4.79 Å². The first kappa shape index (κ1) is 16.3. The van der Waals surface area contributed by atoms with Crippen molar-refractivity contribution in [1.29, 1.82) is 0 Å². The highest BCUT2D eigenvalue weighted by atomic mass is 35.5. The zero-order valence-electron chi connectivity index (χ0n) is 12.2. The van der Waals surface area contributed by atoms with Gasteiger partial charge in [-0.15, -0.1) is 0 Å². The molecule has 2 aromatic carbocycles. The smallest absolute Gasteiger partial charge is 0.261 e. The fourth-order valence-electron chi connectivity index (χ4n) is 2.01. The van der Waals surface area contributed by atoms with Crippen molar-refractivity contribution in [3.63, 3.8) is 0 Å². The highest BCUT2D eigenvalue weighted by Gasteiger charge is 2.19. The highest BCUT2D eigenvalue weighted by Crippen LogP contribution is 2.19. The third-order valence-electron chi connectivity index (χ3n) is 3.18. The number of aliphatic hydroxyl groups excluding tert-OH is 1. The van der Waals surface area contributed by atoms with Gasteiger partial charge in [0.15, 0.2) is 6.10 Å². The number of hydrogen-bond acceptors (Lipinski definition) is 3. The standard InChI is InChI=1S/C17H18ClNO3/c1-12(22-15-9-5-8-14(18)10-15)17(21)19-16(11-20)13-6-3-2-4-7-13/h2-10,12,16,20H,11H2,1H3,(H,19,21). The van der Waals surface area contributed by atoms with Crippen molar-refractivity contribution < 1.29 is 14.6 Å². The summed E-state index contributed by atoms with van der Waals surface area (Å²) in [5.41, 5.74) is 0.841. The normalized spacial score (nSPS) is 13.2. The van der Waals surface area contributed by atoms with Gasteiger partial charge in [0.25, 0.3) is 5.91 Å². The lowest BCUT2D eigenvalue weighted by atomic mass is 10.1. The number of amides is 1. The Morgan fingerprint density at radius 2 is 1.95 bits per heavy atom. The lowest BCUT2D eigenvalue weighted by Crippen LogP contribution is -2.39. The van der Waals surface area contributed by atoms with Crippen molar-refractivity contribution >= 4 is 17.5 Å². The summed E-state index contributed by atoms with van der Waals surface area (Å²) in [7, 11) is 0. The van der Waals surface area contributed by atoms with E-state index in [0.717, 1.165) is 5.56 Å². The van der Waals surface area contributed by atoms with Crippen molar-refractivity contribution in [2.45, 2.75) is 19.1 Å². The van der Waals surface area contributed by atoms with Gasteiger partial charge in [0.2, 0.25) is 0 Å². The summed E-state index contributed by atoms with van der Waals surface area (Å²) in [5, 5.41) is 12.8. The molecule has 22 heavy (non-hydrogen) atoms. The van der Waals surface area contributed by atoms with Crippen LogP contribution in [0.25, 0.3) is 0 Å². The number of carbonyl (C=O) groups excluding carboxylic acids is 1. The number of rotatable bonds is 6. The van der Waals surface area contributed by atoms with Crippen LogP contribution in [0.4, 0.5) is 0 Å². The Bertz CT molecular complexity index is 618. The SMILES string of the molecule is CC(Oc1cccc(Cl)c1)C(=O)NC(CO)c1ccccc1. The molecule has 116 valence electrons. The summed E-state index contributed by atoms with van der Waals surface area (Å²) < 4.78 is 5.56. The minimum absolute atomic E-state index is 0.181. The molecule has 2 aromatic rings. The molecule has 0 fully saturated rings. The Morgan fingerprint density at radius 1 is 1.23 bits per heavy atom. The molecule has 0 aliphatic rings. The van der Waals surface area contributed by atoms with E-state index in [4.69, 9.17) is 16.3 Å². The Hall–Kier alpha value is -2.04. The lowest BCUT2D eigenvalue weighted by Gasteiger charge is -2.20. The summed E-state index contributed by atoms with van der Waals surface area (Å²) in [5.74, 6) is 0.221. The van der Waals surface area contributed by atoms with Crippen LogP contribution in [0.15, 0.2) is 54.6 Å². The van der Waals surface area contributed by atoms with E-state index >= 15 is 0 Å². The van der Waals surface area contributed by atoms with Crippen LogP contribution in [0.1, 0.15) is 18.5 Å². The Labute approximate surface area is 134 Å². The predicted octanol–water partition coefficient (Wildman–Crippen LogP) is 2.96. The van der Waals surface area contributed by atoms with Crippen LogP contribution in [0.3, 0.4) is 0 Å². The first-order valence-electron chi connectivity index (χ1n) is 6.98. The molecule has 0 radical (unpaired) electrons. The Kier molecular flexibility index (Phi) is 5.81. The predicted molar refractivity (Wildman–Crippen MR) is 86.0 cm³/mol. The summed E-state index contributed by atoms with van der Waals surface area (Å²) in [6, 6.07) is 15.7. The topological polar surface area (TPSA) is 58.6 Å². The van der Waals surface area contributed by atoms with Crippen molar-refractivity contribution in [3.05, 3.63) is 65.2 Å². The number of carbonyl (C=O) groups is 1.